The van der Waals surface area contributed by atoms with E-state index < -0.39 is 11.9 Å². The molecule has 0 saturated carbocycles. The number of furan rings is 1. The van der Waals surface area contributed by atoms with Gasteiger partial charge in [-0.3, -0.25) is 9.59 Å². The first kappa shape index (κ1) is 26.6. The van der Waals surface area contributed by atoms with Gasteiger partial charge in [-0.25, -0.2) is 14.4 Å². The molecule has 0 saturated heterocycles. The van der Waals surface area contributed by atoms with Crippen LogP contribution in [0.15, 0.2) is 89.8 Å². The predicted molar refractivity (Wildman–Crippen MR) is 151 cm³/mol. The maximum Gasteiger partial charge on any atom is 0.255 e. The summed E-state index contributed by atoms with van der Waals surface area (Å²) in [5, 5.41) is 6.69. The molecule has 8 nitrogen and oxygen atoms in total. The second-order valence-electron chi connectivity index (χ2n) is 9.84. The van der Waals surface area contributed by atoms with E-state index in [-0.39, 0.29) is 23.7 Å². The van der Waals surface area contributed by atoms with Gasteiger partial charge in [0.25, 0.3) is 11.8 Å². The lowest BCUT2D eigenvalue weighted by Gasteiger charge is -2.22. The smallest absolute Gasteiger partial charge is 0.255 e. The molecule has 4 N–H and O–H groups in total. The minimum absolute atomic E-state index is 0.122. The molecule has 1 atom stereocenters. The molecule has 5 rings (SSSR count). The van der Waals surface area contributed by atoms with Crippen molar-refractivity contribution in [3.05, 3.63) is 113 Å². The van der Waals surface area contributed by atoms with E-state index in [0.717, 1.165) is 0 Å². The van der Waals surface area contributed by atoms with Crippen LogP contribution < -0.4 is 16.4 Å². The number of hydrogen-bond donors (Lipinski definition) is 3. The van der Waals surface area contributed by atoms with Crippen LogP contribution in [0.25, 0.3) is 22.1 Å². The summed E-state index contributed by atoms with van der Waals surface area (Å²) in [6, 6.07) is 17.7. The van der Waals surface area contributed by atoms with E-state index in [1.807, 2.05) is 32.0 Å². The molecule has 40 heavy (non-hydrogen) atoms. The molecule has 0 aliphatic heterocycles. The van der Waals surface area contributed by atoms with Gasteiger partial charge in [-0.15, -0.1) is 0 Å². The summed E-state index contributed by atoms with van der Waals surface area (Å²) in [6.07, 6.45) is 4.52. The van der Waals surface area contributed by atoms with Crippen LogP contribution in [0, 0.1) is 11.7 Å². The number of halogens is 1. The molecule has 3 aromatic carbocycles. The SMILES string of the molecule is CC(C)CNC(=O)c1cc(C(NC(=O)c2coc3ccccc23)c2ccc(F)cc2)ccc1-c1cnc(N)nc1. The largest absolute Gasteiger partial charge is 0.463 e. The summed E-state index contributed by atoms with van der Waals surface area (Å²) in [5.74, 6) is -0.695. The molecule has 2 aromatic heterocycles. The van der Waals surface area contributed by atoms with Crippen molar-refractivity contribution in [1.82, 2.24) is 20.6 Å². The third-order valence-corrected chi connectivity index (χ3v) is 6.48. The van der Waals surface area contributed by atoms with Gasteiger partial charge in [0.1, 0.15) is 17.7 Å². The number of fused-ring (bicyclic) bond motifs is 1. The van der Waals surface area contributed by atoms with Crippen molar-refractivity contribution in [3.8, 4) is 11.1 Å². The standard InChI is InChI=1S/C31H28FN5O3/c1-18(2)14-34-29(38)25-13-20(9-12-23(25)21-15-35-31(33)36-16-21)28(19-7-10-22(32)11-8-19)37-30(39)26-17-40-27-6-4-3-5-24(26)27/h3-13,15-18,28H,14H2,1-2H3,(H,34,38)(H,37,39)(H2,33,35,36). The van der Waals surface area contributed by atoms with E-state index in [4.69, 9.17) is 10.2 Å². The third kappa shape index (κ3) is 5.68. The molecule has 0 aliphatic carbocycles. The molecule has 5 aromatic rings. The van der Waals surface area contributed by atoms with Crippen LogP contribution in [0.3, 0.4) is 0 Å². The van der Waals surface area contributed by atoms with Gasteiger partial charge < -0.3 is 20.8 Å². The molecule has 0 radical (unpaired) electrons. The Balaban J connectivity index is 1.58. The van der Waals surface area contributed by atoms with Gasteiger partial charge in [-0.1, -0.05) is 56.3 Å². The lowest BCUT2D eigenvalue weighted by atomic mass is 9.92. The van der Waals surface area contributed by atoms with Crippen molar-refractivity contribution in [2.24, 2.45) is 5.92 Å². The number of nitrogens with two attached hydrogens (primary N) is 1. The number of aromatic nitrogens is 2. The molecular weight excluding hydrogens is 509 g/mol. The average molecular weight is 538 g/mol. The maximum atomic E-state index is 13.8. The number of nitrogens with one attached hydrogen (secondary N) is 2. The number of carbonyl (C=O) groups excluding carboxylic acids is 2. The molecule has 1 unspecified atom stereocenters. The van der Waals surface area contributed by atoms with E-state index in [9.17, 15) is 14.0 Å². The number of nitrogens with zero attached hydrogens (tertiary/aromatic N) is 2. The van der Waals surface area contributed by atoms with E-state index in [1.54, 1.807) is 48.8 Å². The molecule has 2 heterocycles. The number of nitrogen functional groups attached to an aromatic ring is 1. The van der Waals surface area contributed by atoms with E-state index in [1.165, 1.54) is 18.4 Å². The highest BCUT2D eigenvalue weighted by Crippen LogP contribution is 2.30. The van der Waals surface area contributed by atoms with Crippen molar-refractivity contribution in [3.63, 3.8) is 0 Å². The van der Waals surface area contributed by atoms with Gasteiger partial charge in [0.05, 0.1) is 11.6 Å². The Hall–Kier alpha value is -5.05. The average Bonchev–Trinajstić information content (AvgIpc) is 3.40. The predicted octanol–water partition coefficient (Wildman–Crippen LogP) is 5.52. The Morgan fingerprint density at radius 2 is 1.62 bits per heavy atom. The normalized spacial score (nSPS) is 11.9. The van der Waals surface area contributed by atoms with Crippen LogP contribution in [0.4, 0.5) is 10.3 Å². The number of para-hydroxylation sites is 1. The maximum absolute atomic E-state index is 13.8. The molecule has 0 aliphatic rings. The summed E-state index contributed by atoms with van der Waals surface area (Å²) in [4.78, 5) is 35.0. The first-order valence-electron chi connectivity index (χ1n) is 12.8. The lowest BCUT2D eigenvalue weighted by Crippen LogP contribution is -2.30. The lowest BCUT2D eigenvalue weighted by molar-refractivity contribution is 0.0940. The van der Waals surface area contributed by atoms with Crippen molar-refractivity contribution < 1.29 is 18.4 Å². The summed E-state index contributed by atoms with van der Waals surface area (Å²) < 4.78 is 19.4. The van der Waals surface area contributed by atoms with Gasteiger partial charge >= 0.3 is 0 Å². The van der Waals surface area contributed by atoms with E-state index in [2.05, 4.69) is 20.6 Å². The van der Waals surface area contributed by atoms with Gasteiger partial charge in [0.15, 0.2) is 0 Å². The minimum Gasteiger partial charge on any atom is -0.463 e. The van der Waals surface area contributed by atoms with Crippen LogP contribution in [0.1, 0.15) is 51.7 Å². The fourth-order valence-electron chi connectivity index (χ4n) is 4.43. The fraction of sp³-hybridized carbons (Fsp3) is 0.161. The van der Waals surface area contributed by atoms with Crippen molar-refractivity contribution in [2.75, 3.05) is 12.3 Å². The zero-order valence-electron chi connectivity index (χ0n) is 22.0. The van der Waals surface area contributed by atoms with Gasteiger partial charge in [-0.2, -0.15) is 0 Å². The second kappa shape index (κ2) is 11.4. The minimum atomic E-state index is -0.699. The van der Waals surface area contributed by atoms with Crippen LogP contribution in [0.5, 0.6) is 0 Å². The van der Waals surface area contributed by atoms with E-state index >= 15 is 0 Å². The number of anilines is 1. The quantitative estimate of drug-likeness (QED) is 0.240. The first-order valence-corrected chi connectivity index (χ1v) is 12.8. The molecule has 0 fully saturated rings. The highest BCUT2D eigenvalue weighted by molar-refractivity contribution is 6.06. The van der Waals surface area contributed by atoms with E-state index in [0.29, 0.717) is 50.9 Å². The number of benzene rings is 3. The zero-order valence-corrected chi connectivity index (χ0v) is 22.0. The van der Waals surface area contributed by atoms with Gasteiger partial charge in [0, 0.05) is 35.5 Å². The molecule has 202 valence electrons. The Bertz CT molecular complexity index is 1660. The second-order valence-corrected chi connectivity index (χ2v) is 9.84. The van der Waals surface area contributed by atoms with Crippen LogP contribution in [-0.2, 0) is 0 Å². The summed E-state index contributed by atoms with van der Waals surface area (Å²) in [7, 11) is 0. The van der Waals surface area contributed by atoms with Crippen molar-refractivity contribution in [1.29, 1.82) is 0 Å². The highest BCUT2D eigenvalue weighted by Gasteiger charge is 2.23. The molecular formula is C31H28FN5O3. The molecule has 9 heteroatoms. The Morgan fingerprint density at radius 3 is 2.35 bits per heavy atom. The number of hydrogen-bond acceptors (Lipinski definition) is 6. The van der Waals surface area contributed by atoms with Crippen LogP contribution >= 0.6 is 0 Å². The molecule has 0 bridgehead atoms. The van der Waals surface area contributed by atoms with Gasteiger partial charge in [0.2, 0.25) is 5.95 Å². The summed E-state index contributed by atoms with van der Waals surface area (Å²) in [5.41, 5.74) is 9.49. The van der Waals surface area contributed by atoms with Crippen molar-refractivity contribution in [2.45, 2.75) is 19.9 Å². The first-order chi connectivity index (χ1) is 19.3. The highest BCUT2D eigenvalue weighted by atomic mass is 19.1. The Kier molecular flexibility index (Phi) is 7.54. The number of rotatable bonds is 8. The molecule has 2 amide bonds. The van der Waals surface area contributed by atoms with Crippen molar-refractivity contribution >= 4 is 28.7 Å². The number of carbonyl (C=O) groups is 2. The topological polar surface area (TPSA) is 123 Å². The zero-order chi connectivity index (χ0) is 28.2. The van der Waals surface area contributed by atoms with Gasteiger partial charge in [-0.05, 0) is 46.9 Å². The summed E-state index contributed by atoms with van der Waals surface area (Å²) >= 11 is 0. The Labute approximate surface area is 230 Å². The number of amides is 2. The van der Waals surface area contributed by atoms with Crippen LogP contribution in [0.2, 0.25) is 0 Å². The monoisotopic (exact) mass is 537 g/mol. The molecule has 0 spiro atoms. The third-order valence-electron chi connectivity index (χ3n) is 6.48. The fourth-order valence-corrected chi connectivity index (χ4v) is 4.43. The van der Waals surface area contributed by atoms with Crippen LogP contribution in [-0.4, -0.2) is 28.3 Å². The summed E-state index contributed by atoms with van der Waals surface area (Å²) in [6.45, 7) is 4.49. The Morgan fingerprint density at radius 1 is 0.925 bits per heavy atom.